The van der Waals surface area contributed by atoms with Gasteiger partial charge in [0, 0.05) is 23.2 Å². The second-order valence-electron chi connectivity index (χ2n) is 13.3. The third-order valence-electron chi connectivity index (χ3n) is 10.7. The molecule has 0 aliphatic heterocycles. The van der Waals surface area contributed by atoms with E-state index in [1.807, 2.05) is 26.8 Å². The average Bonchev–Trinajstić information content (AvgIpc) is 3.21. The highest BCUT2D eigenvalue weighted by Crippen LogP contribution is 2.68. The van der Waals surface area contributed by atoms with Gasteiger partial charge in [-0.25, -0.2) is 4.79 Å². The van der Waals surface area contributed by atoms with Crippen LogP contribution in [0.2, 0.25) is 0 Å². The van der Waals surface area contributed by atoms with E-state index < -0.39 is 47.0 Å². The quantitative estimate of drug-likeness (QED) is 0.305. The molecule has 4 aliphatic carbocycles. The molecule has 0 radical (unpaired) electrons. The van der Waals surface area contributed by atoms with Crippen molar-refractivity contribution in [3.05, 3.63) is 23.8 Å². The first-order chi connectivity index (χ1) is 19.4. The molecule has 4 aliphatic rings. The Balaban J connectivity index is 1.63. The molecule has 3 fully saturated rings. The third kappa shape index (κ3) is 5.78. The molecule has 0 aromatic heterocycles. The standard InChI is InChI=1S/C33H48O8/c1-6-8-10-28(37)39-20-27(36)33(41-30(38)40-19-21(3)9-7-2)16-14-25-24-12-11-22-17-23(34)13-15-31(22,4)29(24)26(35)18-32(25,33)5/h13,15,17,21,24-26,29,35H,6-12,14,16,18-20H2,1-5H3/t21?,24-,25-,26?,29+,31-,32-,33-/m0/s1. The van der Waals surface area contributed by atoms with E-state index in [0.717, 1.165) is 37.7 Å². The first-order valence-electron chi connectivity index (χ1n) is 15.6. The number of ketones is 2. The molecule has 0 aromatic carbocycles. The maximum atomic E-state index is 14.0. The van der Waals surface area contributed by atoms with Crippen molar-refractivity contribution in [1.29, 1.82) is 0 Å². The summed E-state index contributed by atoms with van der Waals surface area (Å²) in [6, 6.07) is 0. The van der Waals surface area contributed by atoms with E-state index in [-0.39, 0.29) is 55.3 Å². The Bertz CT molecular complexity index is 1090. The van der Waals surface area contributed by atoms with Crippen LogP contribution in [0.25, 0.3) is 0 Å². The summed E-state index contributed by atoms with van der Waals surface area (Å²) >= 11 is 0. The Morgan fingerprint density at radius 2 is 1.88 bits per heavy atom. The minimum absolute atomic E-state index is 0.00754. The number of Topliss-reactive ketones (excluding diaryl/α,β-unsaturated/α-hetero) is 1. The van der Waals surface area contributed by atoms with Crippen molar-refractivity contribution < 1.29 is 38.5 Å². The van der Waals surface area contributed by atoms with Crippen molar-refractivity contribution in [2.45, 2.75) is 111 Å². The molecule has 0 spiro atoms. The van der Waals surface area contributed by atoms with Gasteiger partial charge in [-0.3, -0.25) is 14.4 Å². The lowest BCUT2D eigenvalue weighted by atomic mass is 9.46. The fraction of sp³-hybridized carbons (Fsp3) is 0.758. The highest BCUT2D eigenvalue weighted by molar-refractivity contribution is 6.01. The van der Waals surface area contributed by atoms with Gasteiger partial charge < -0.3 is 19.3 Å². The van der Waals surface area contributed by atoms with Crippen LogP contribution in [0.3, 0.4) is 0 Å². The van der Waals surface area contributed by atoms with Gasteiger partial charge in [0.2, 0.25) is 5.78 Å². The lowest BCUT2D eigenvalue weighted by molar-refractivity contribution is -0.186. The summed E-state index contributed by atoms with van der Waals surface area (Å²) in [5, 5.41) is 11.8. The van der Waals surface area contributed by atoms with Crippen molar-refractivity contribution in [3.8, 4) is 0 Å². The molecule has 8 heteroatoms. The predicted octanol–water partition coefficient (Wildman–Crippen LogP) is 5.90. The molecule has 228 valence electrons. The summed E-state index contributed by atoms with van der Waals surface area (Å²) in [7, 11) is 0. The molecule has 0 bridgehead atoms. The molecule has 1 N–H and O–H groups in total. The van der Waals surface area contributed by atoms with E-state index >= 15 is 0 Å². The molecule has 8 atom stereocenters. The molecule has 0 saturated heterocycles. The Hall–Kier alpha value is -2.48. The number of hydrogen-bond acceptors (Lipinski definition) is 8. The second kappa shape index (κ2) is 12.4. The van der Waals surface area contributed by atoms with Crippen LogP contribution in [0.4, 0.5) is 4.79 Å². The lowest BCUT2D eigenvalue weighted by Crippen LogP contribution is -2.63. The van der Waals surface area contributed by atoms with Gasteiger partial charge in [0.05, 0.1) is 12.7 Å². The van der Waals surface area contributed by atoms with E-state index in [2.05, 4.69) is 13.8 Å². The number of esters is 1. The van der Waals surface area contributed by atoms with Gasteiger partial charge in [-0.05, 0) is 74.9 Å². The summed E-state index contributed by atoms with van der Waals surface area (Å²) < 4.78 is 16.9. The Morgan fingerprint density at radius 1 is 1.12 bits per heavy atom. The molecule has 0 heterocycles. The van der Waals surface area contributed by atoms with Crippen molar-refractivity contribution in [3.63, 3.8) is 0 Å². The third-order valence-corrected chi connectivity index (χ3v) is 10.7. The van der Waals surface area contributed by atoms with Gasteiger partial charge in [0.25, 0.3) is 0 Å². The smallest absolute Gasteiger partial charge is 0.457 e. The maximum absolute atomic E-state index is 14.0. The summed E-state index contributed by atoms with van der Waals surface area (Å²) in [6.07, 6.45) is 9.84. The molecule has 3 saturated carbocycles. The number of hydrogen-bond donors (Lipinski definition) is 1. The number of aliphatic hydroxyl groups is 1. The molecule has 0 aromatic rings. The summed E-state index contributed by atoms with van der Waals surface area (Å²) in [5.41, 5.74) is -1.85. The van der Waals surface area contributed by atoms with Crippen LogP contribution in [-0.4, -0.2) is 53.7 Å². The zero-order valence-electron chi connectivity index (χ0n) is 25.4. The van der Waals surface area contributed by atoms with Gasteiger partial charge in [-0.2, -0.15) is 0 Å². The first kappa shape index (κ1) is 31.5. The molecule has 41 heavy (non-hydrogen) atoms. The summed E-state index contributed by atoms with van der Waals surface area (Å²) in [4.78, 5) is 51.6. The minimum Gasteiger partial charge on any atom is -0.457 e. The molecule has 4 rings (SSSR count). The van der Waals surface area contributed by atoms with Crippen LogP contribution >= 0.6 is 0 Å². The van der Waals surface area contributed by atoms with E-state index in [1.54, 1.807) is 12.2 Å². The highest BCUT2D eigenvalue weighted by atomic mass is 16.7. The minimum atomic E-state index is -1.57. The number of ether oxygens (including phenoxy) is 3. The number of fused-ring (bicyclic) bond motifs is 5. The van der Waals surface area contributed by atoms with Gasteiger partial charge in [0.15, 0.2) is 18.0 Å². The number of rotatable bonds is 11. The lowest BCUT2D eigenvalue weighted by Gasteiger charge is -2.59. The SMILES string of the molecule is CCCCC(=O)OCC(=O)[C@@]1(OC(=O)OCC(C)CCC)CC[C@H]2[C@@H]3CCC4=CC(=O)C=C[C@]4(C)[C@H]3C(O)C[C@@]21C. The second-order valence-corrected chi connectivity index (χ2v) is 13.3. The van der Waals surface area contributed by atoms with E-state index in [1.165, 1.54) is 0 Å². The molecule has 8 nitrogen and oxygen atoms in total. The Kier molecular flexibility index (Phi) is 9.52. The number of carbonyl (C=O) groups is 4. The van der Waals surface area contributed by atoms with E-state index in [0.29, 0.717) is 12.8 Å². The van der Waals surface area contributed by atoms with Crippen molar-refractivity contribution >= 4 is 23.7 Å². The van der Waals surface area contributed by atoms with E-state index in [4.69, 9.17) is 14.2 Å². The van der Waals surface area contributed by atoms with Crippen molar-refractivity contribution in [2.24, 2.45) is 34.5 Å². The van der Waals surface area contributed by atoms with Crippen LogP contribution in [0.15, 0.2) is 23.8 Å². The maximum Gasteiger partial charge on any atom is 0.509 e. The normalized spacial score (nSPS) is 36.3. The Morgan fingerprint density at radius 3 is 2.59 bits per heavy atom. The van der Waals surface area contributed by atoms with Gasteiger partial charge in [-0.1, -0.05) is 59.1 Å². The van der Waals surface area contributed by atoms with Crippen molar-refractivity contribution in [2.75, 3.05) is 13.2 Å². The molecular weight excluding hydrogens is 524 g/mol. The number of aliphatic hydroxyl groups excluding tert-OH is 1. The van der Waals surface area contributed by atoms with Crippen molar-refractivity contribution in [1.82, 2.24) is 0 Å². The number of allylic oxidation sites excluding steroid dienone is 4. The van der Waals surface area contributed by atoms with Gasteiger partial charge >= 0.3 is 12.1 Å². The average molecular weight is 573 g/mol. The zero-order valence-corrected chi connectivity index (χ0v) is 25.4. The van der Waals surface area contributed by atoms with Crippen LogP contribution in [0.5, 0.6) is 0 Å². The highest BCUT2D eigenvalue weighted by Gasteiger charge is 2.70. The zero-order chi connectivity index (χ0) is 30.0. The summed E-state index contributed by atoms with van der Waals surface area (Å²) in [6.45, 7) is 9.79. The van der Waals surface area contributed by atoms with Crippen LogP contribution < -0.4 is 0 Å². The van der Waals surface area contributed by atoms with Gasteiger partial charge in [0.1, 0.15) is 0 Å². The molecule has 2 unspecified atom stereocenters. The topological polar surface area (TPSA) is 116 Å². The predicted molar refractivity (Wildman–Crippen MR) is 153 cm³/mol. The Labute approximate surface area is 244 Å². The summed E-state index contributed by atoms with van der Waals surface area (Å²) in [5.74, 6) is -0.838. The molecule has 0 amide bonds. The monoisotopic (exact) mass is 572 g/mol. The first-order valence-corrected chi connectivity index (χ1v) is 15.6. The largest absolute Gasteiger partial charge is 0.509 e. The van der Waals surface area contributed by atoms with Crippen LogP contribution in [0, 0.1) is 34.5 Å². The number of unbranched alkanes of at least 4 members (excludes halogenated alkanes) is 1. The number of carbonyl (C=O) groups excluding carboxylic acids is 4. The van der Waals surface area contributed by atoms with Crippen LogP contribution in [-0.2, 0) is 28.6 Å². The fourth-order valence-electron chi connectivity index (χ4n) is 8.61. The fourth-order valence-corrected chi connectivity index (χ4v) is 8.61. The van der Waals surface area contributed by atoms with Crippen LogP contribution in [0.1, 0.15) is 98.8 Å². The van der Waals surface area contributed by atoms with E-state index in [9.17, 15) is 24.3 Å². The molecular formula is C33H48O8. The van der Waals surface area contributed by atoms with Gasteiger partial charge in [-0.15, -0.1) is 0 Å².